The van der Waals surface area contributed by atoms with Crippen molar-refractivity contribution in [2.24, 2.45) is 10.9 Å². The van der Waals surface area contributed by atoms with E-state index in [-0.39, 0.29) is 24.0 Å². The van der Waals surface area contributed by atoms with E-state index in [0.29, 0.717) is 6.54 Å². The molecule has 1 aromatic rings. The summed E-state index contributed by atoms with van der Waals surface area (Å²) in [5.74, 6) is 1.79. The topological polar surface area (TPSA) is 52.6 Å². The van der Waals surface area contributed by atoms with Gasteiger partial charge in [0.25, 0.3) is 0 Å². The summed E-state index contributed by atoms with van der Waals surface area (Å²) >= 11 is 1.76. The van der Waals surface area contributed by atoms with E-state index in [0.717, 1.165) is 42.9 Å². The summed E-state index contributed by atoms with van der Waals surface area (Å²) in [5.41, 5.74) is 0. The third-order valence-corrected chi connectivity index (χ3v) is 5.39. The highest BCUT2D eigenvalue weighted by Crippen LogP contribution is 2.15. The lowest BCUT2D eigenvalue weighted by Crippen LogP contribution is -2.43. The fraction of sp³-hybridized carbons (Fsp3) is 0.765. The summed E-state index contributed by atoms with van der Waals surface area (Å²) < 4.78 is 0. The number of piperidine rings is 1. The van der Waals surface area contributed by atoms with Crippen LogP contribution in [0.15, 0.2) is 11.2 Å². The van der Waals surface area contributed by atoms with Gasteiger partial charge in [-0.15, -0.1) is 35.3 Å². The SMILES string of the molecule is CCNC(=NCc1ncc(CC)s1)NCCN1CCC(C)CC1.I. The van der Waals surface area contributed by atoms with E-state index in [2.05, 4.69) is 46.3 Å². The molecule has 1 aliphatic rings. The molecule has 0 atom stereocenters. The van der Waals surface area contributed by atoms with Gasteiger partial charge < -0.3 is 15.5 Å². The number of aryl methyl sites for hydroxylation is 1. The number of rotatable bonds is 7. The van der Waals surface area contributed by atoms with E-state index >= 15 is 0 Å². The molecule has 5 nitrogen and oxygen atoms in total. The van der Waals surface area contributed by atoms with Crippen LogP contribution in [0.3, 0.4) is 0 Å². The number of nitrogens with one attached hydrogen (secondary N) is 2. The predicted octanol–water partition coefficient (Wildman–Crippen LogP) is 3.11. The molecule has 0 aliphatic carbocycles. The highest BCUT2D eigenvalue weighted by Gasteiger charge is 2.14. The van der Waals surface area contributed by atoms with Crippen molar-refractivity contribution in [2.75, 3.05) is 32.7 Å². The van der Waals surface area contributed by atoms with Crippen molar-refractivity contribution in [1.82, 2.24) is 20.5 Å². The van der Waals surface area contributed by atoms with E-state index in [1.54, 1.807) is 11.3 Å². The number of nitrogens with zero attached hydrogens (tertiary/aromatic N) is 3. The number of aromatic nitrogens is 1. The maximum absolute atomic E-state index is 4.65. The Kier molecular flexibility index (Phi) is 10.8. The van der Waals surface area contributed by atoms with Gasteiger partial charge in [0.05, 0.1) is 6.54 Å². The first-order chi connectivity index (χ1) is 11.2. The zero-order valence-electron chi connectivity index (χ0n) is 15.2. The maximum Gasteiger partial charge on any atom is 0.191 e. The van der Waals surface area contributed by atoms with Gasteiger partial charge in [-0.2, -0.15) is 0 Å². The third-order valence-electron chi connectivity index (χ3n) is 4.26. The Balaban J connectivity index is 0.00000288. The average Bonchev–Trinajstić information content (AvgIpc) is 3.02. The quantitative estimate of drug-likeness (QED) is 0.369. The smallest absolute Gasteiger partial charge is 0.191 e. The summed E-state index contributed by atoms with van der Waals surface area (Å²) in [6, 6.07) is 0. The minimum Gasteiger partial charge on any atom is -0.357 e. The molecule has 0 saturated carbocycles. The van der Waals surface area contributed by atoms with Crippen molar-refractivity contribution >= 4 is 41.3 Å². The standard InChI is InChI=1S/C17H31N5S.HI/c1-4-15-12-20-16(23-15)13-21-17(18-5-2)19-8-11-22-9-6-14(3)7-10-22;/h12,14H,4-11,13H2,1-3H3,(H2,18,19,21);1H. The Morgan fingerprint density at radius 3 is 2.71 bits per heavy atom. The Morgan fingerprint density at radius 1 is 1.33 bits per heavy atom. The van der Waals surface area contributed by atoms with E-state index in [1.807, 2.05) is 6.20 Å². The van der Waals surface area contributed by atoms with Gasteiger partial charge in [-0.1, -0.05) is 13.8 Å². The van der Waals surface area contributed by atoms with Crippen LogP contribution in [0.5, 0.6) is 0 Å². The first-order valence-electron chi connectivity index (χ1n) is 8.89. The fourth-order valence-corrected chi connectivity index (χ4v) is 3.48. The van der Waals surface area contributed by atoms with Crippen molar-refractivity contribution in [3.8, 4) is 0 Å². The second-order valence-corrected chi connectivity index (χ2v) is 7.42. The van der Waals surface area contributed by atoms with Crippen molar-refractivity contribution < 1.29 is 0 Å². The lowest BCUT2D eigenvalue weighted by Gasteiger charge is -2.30. The Hall–Kier alpha value is -0.410. The first kappa shape index (κ1) is 21.6. The first-order valence-corrected chi connectivity index (χ1v) is 9.71. The number of halogens is 1. The minimum absolute atomic E-state index is 0. The van der Waals surface area contributed by atoms with Crippen LogP contribution in [0.25, 0.3) is 0 Å². The van der Waals surface area contributed by atoms with Crippen LogP contribution in [0.2, 0.25) is 0 Å². The summed E-state index contributed by atoms with van der Waals surface area (Å²) in [5, 5.41) is 7.85. The van der Waals surface area contributed by atoms with Crippen LogP contribution >= 0.6 is 35.3 Å². The van der Waals surface area contributed by atoms with Gasteiger partial charge in [-0.05, 0) is 45.2 Å². The molecule has 0 bridgehead atoms. The highest BCUT2D eigenvalue weighted by atomic mass is 127. The zero-order chi connectivity index (χ0) is 16.5. The van der Waals surface area contributed by atoms with Crippen LogP contribution in [-0.4, -0.2) is 48.6 Å². The van der Waals surface area contributed by atoms with Gasteiger partial charge >= 0.3 is 0 Å². The molecule has 0 amide bonds. The molecule has 0 aromatic carbocycles. The molecule has 1 aliphatic heterocycles. The van der Waals surface area contributed by atoms with Gasteiger partial charge in [0.2, 0.25) is 0 Å². The largest absolute Gasteiger partial charge is 0.357 e. The molecule has 2 heterocycles. The summed E-state index contributed by atoms with van der Waals surface area (Å²) in [4.78, 5) is 13.0. The van der Waals surface area contributed by atoms with Crippen LogP contribution in [-0.2, 0) is 13.0 Å². The second kappa shape index (κ2) is 12.0. The average molecular weight is 465 g/mol. The van der Waals surface area contributed by atoms with Crippen molar-refractivity contribution in [3.63, 3.8) is 0 Å². The number of hydrogen-bond donors (Lipinski definition) is 2. The Bertz CT molecular complexity index is 483. The molecule has 1 aromatic heterocycles. The molecule has 0 unspecified atom stereocenters. The molecule has 2 N–H and O–H groups in total. The summed E-state index contributed by atoms with van der Waals surface area (Å²) in [6.45, 7) is 12.6. The van der Waals surface area contributed by atoms with E-state index in [1.165, 1.54) is 30.8 Å². The van der Waals surface area contributed by atoms with Gasteiger partial charge in [-0.25, -0.2) is 9.98 Å². The van der Waals surface area contributed by atoms with Gasteiger partial charge in [0, 0.05) is 30.7 Å². The molecule has 7 heteroatoms. The van der Waals surface area contributed by atoms with E-state index in [4.69, 9.17) is 0 Å². The van der Waals surface area contributed by atoms with Gasteiger partial charge in [-0.3, -0.25) is 0 Å². The zero-order valence-corrected chi connectivity index (χ0v) is 18.3. The number of likely N-dealkylation sites (tertiary alicyclic amines) is 1. The molecule has 24 heavy (non-hydrogen) atoms. The minimum atomic E-state index is 0. The molecule has 0 radical (unpaired) electrons. The number of thiazole rings is 1. The van der Waals surface area contributed by atoms with Gasteiger partial charge in [0.1, 0.15) is 5.01 Å². The Morgan fingerprint density at radius 2 is 2.08 bits per heavy atom. The predicted molar refractivity (Wildman–Crippen MR) is 115 cm³/mol. The highest BCUT2D eigenvalue weighted by molar-refractivity contribution is 14.0. The van der Waals surface area contributed by atoms with E-state index < -0.39 is 0 Å². The van der Waals surface area contributed by atoms with Crippen LogP contribution in [0, 0.1) is 5.92 Å². The molecule has 1 fully saturated rings. The number of guanidine groups is 1. The molecule has 1 saturated heterocycles. The summed E-state index contributed by atoms with van der Waals surface area (Å²) in [7, 11) is 0. The molecular weight excluding hydrogens is 433 g/mol. The van der Waals surface area contributed by atoms with Crippen molar-refractivity contribution in [2.45, 2.75) is 46.6 Å². The van der Waals surface area contributed by atoms with Crippen LogP contribution in [0.1, 0.15) is 43.5 Å². The lowest BCUT2D eigenvalue weighted by molar-refractivity contribution is 0.195. The monoisotopic (exact) mass is 465 g/mol. The third kappa shape index (κ3) is 7.65. The van der Waals surface area contributed by atoms with Crippen LogP contribution in [0.4, 0.5) is 0 Å². The van der Waals surface area contributed by atoms with Gasteiger partial charge in [0.15, 0.2) is 5.96 Å². The molecule has 2 rings (SSSR count). The normalized spacial score (nSPS) is 16.7. The maximum atomic E-state index is 4.65. The molecular formula is C17H32IN5S. The lowest BCUT2D eigenvalue weighted by atomic mass is 9.99. The van der Waals surface area contributed by atoms with Crippen LogP contribution < -0.4 is 10.6 Å². The van der Waals surface area contributed by atoms with Crippen molar-refractivity contribution in [3.05, 3.63) is 16.1 Å². The number of hydrogen-bond acceptors (Lipinski definition) is 4. The molecule has 138 valence electrons. The number of aliphatic imine (C=N–C) groups is 1. The molecule has 0 spiro atoms. The second-order valence-electron chi connectivity index (χ2n) is 6.22. The fourth-order valence-electron chi connectivity index (χ4n) is 2.69. The van der Waals surface area contributed by atoms with E-state index in [9.17, 15) is 0 Å². The van der Waals surface area contributed by atoms with Crippen molar-refractivity contribution in [1.29, 1.82) is 0 Å². The summed E-state index contributed by atoms with van der Waals surface area (Å²) in [6.07, 6.45) is 5.68. The Labute approximate surface area is 167 Å².